The molecule has 74 valence electrons. The van der Waals surface area contributed by atoms with Gasteiger partial charge in [-0.2, -0.15) is 9.59 Å². The lowest BCUT2D eigenvalue weighted by Gasteiger charge is -2.06. The van der Waals surface area contributed by atoms with E-state index < -0.39 is 0 Å². The van der Waals surface area contributed by atoms with Crippen LogP contribution in [0.4, 0.5) is 5.13 Å². The van der Waals surface area contributed by atoms with Gasteiger partial charge < -0.3 is 5.32 Å². The van der Waals surface area contributed by atoms with E-state index in [0.717, 1.165) is 11.0 Å². The lowest BCUT2D eigenvalue weighted by Crippen LogP contribution is -2.08. The van der Waals surface area contributed by atoms with E-state index in [9.17, 15) is 0 Å². The van der Waals surface area contributed by atoms with Crippen LogP contribution in [-0.4, -0.2) is 30.0 Å². The highest BCUT2D eigenvalue weighted by molar-refractivity contribution is 7.09. The van der Waals surface area contributed by atoms with Crippen molar-refractivity contribution in [3.05, 3.63) is 11.6 Å². The second-order valence-corrected chi connectivity index (χ2v) is 3.53. The van der Waals surface area contributed by atoms with Crippen LogP contribution in [0.5, 0.6) is 0 Å². The fraction of sp³-hybridized carbons (Fsp3) is 0.500. The van der Waals surface area contributed by atoms with Crippen LogP contribution in [0.25, 0.3) is 0 Å². The van der Waals surface area contributed by atoms with Gasteiger partial charge in [-0.15, -0.1) is 10.2 Å². The summed E-state index contributed by atoms with van der Waals surface area (Å²) in [4.78, 5) is 4.17. The normalized spacial score (nSPS) is 12.7. The topological polar surface area (TPSA) is 92.3 Å². The summed E-state index contributed by atoms with van der Waals surface area (Å²) < 4.78 is 4.05. The SMILES string of the molecule is Cc1nsc(NC(C)c2nn[nH]n2)n1. The quantitative estimate of drug-likeness (QED) is 0.769. The smallest absolute Gasteiger partial charge is 0.203 e. The molecule has 2 heterocycles. The molecule has 0 saturated carbocycles. The number of nitrogens with zero attached hydrogens (tertiary/aromatic N) is 5. The molecule has 2 rings (SSSR count). The molecule has 0 bridgehead atoms. The zero-order valence-electron chi connectivity index (χ0n) is 7.72. The molecule has 0 aliphatic carbocycles. The van der Waals surface area contributed by atoms with Crippen molar-refractivity contribution in [1.29, 1.82) is 0 Å². The van der Waals surface area contributed by atoms with Gasteiger partial charge >= 0.3 is 0 Å². The number of aryl methyl sites for hydroxylation is 1. The van der Waals surface area contributed by atoms with Gasteiger partial charge in [0.2, 0.25) is 5.13 Å². The lowest BCUT2D eigenvalue weighted by atomic mass is 10.3. The number of rotatable bonds is 3. The van der Waals surface area contributed by atoms with Gasteiger partial charge in [0.05, 0.1) is 6.04 Å². The Kier molecular flexibility index (Phi) is 2.35. The zero-order valence-corrected chi connectivity index (χ0v) is 8.54. The minimum atomic E-state index is -0.0268. The van der Waals surface area contributed by atoms with Gasteiger partial charge in [0.15, 0.2) is 5.82 Å². The molecule has 2 aromatic heterocycles. The van der Waals surface area contributed by atoms with Gasteiger partial charge in [0.1, 0.15) is 5.82 Å². The molecule has 2 aromatic rings. The number of anilines is 1. The Labute approximate surface area is 84.1 Å². The summed E-state index contributed by atoms with van der Waals surface area (Å²) >= 11 is 1.32. The van der Waals surface area contributed by atoms with Crippen LogP contribution < -0.4 is 5.32 Å². The number of hydrogen-bond donors (Lipinski definition) is 2. The maximum atomic E-state index is 4.17. The molecular weight excluding hydrogens is 202 g/mol. The maximum Gasteiger partial charge on any atom is 0.203 e. The Balaban J connectivity index is 2.05. The zero-order chi connectivity index (χ0) is 9.97. The van der Waals surface area contributed by atoms with Crippen LogP contribution in [0.1, 0.15) is 24.6 Å². The molecule has 0 amide bonds. The van der Waals surface area contributed by atoms with Gasteiger partial charge in [-0.05, 0) is 13.8 Å². The molecule has 14 heavy (non-hydrogen) atoms. The minimum Gasteiger partial charge on any atom is -0.350 e. The summed E-state index contributed by atoms with van der Waals surface area (Å²) in [6, 6.07) is -0.0268. The first kappa shape index (κ1) is 9.00. The number of nitrogens with one attached hydrogen (secondary N) is 2. The van der Waals surface area contributed by atoms with E-state index in [1.807, 2.05) is 13.8 Å². The molecule has 0 aliphatic heterocycles. The predicted octanol–water partition coefficient (Wildman–Crippen LogP) is 0.533. The van der Waals surface area contributed by atoms with E-state index in [4.69, 9.17) is 0 Å². The van der Waals surface area contributed by atoms with Crippen molar-refractivity contribution in [2.45, 2.75) is 19.9 Å². The van der Waals surface area contributed by atoms with E-state index in [-0.39, 0.29) is 6.04 Å². The first-order valence-electron chi connectivity index (χ1n) is 4.06. The summed E-state index contributed by atoms with van der Waals surface area (Å²) in [5.74, 6) is 1.37. The molecule has 0 fully saturated rings. The first-order valence-corrected chi connectivity index (χ1v) is 4.83. The van der Waals surface area contributed by atoms with Crippen molar-refractivity contribution in [1.82, 2.24) is 30.0 Å². The van der Waals surface area contributed by atoms with Gasteiger partial charge in [-0.3, -0.25) is 0 Å². The van der Waals surface area contributed by atoms with E-state index in [2.05, 4.69) is 35.3 Å². The Morgan fingerprint density at radius 2 is 2.36 bits per heavy atom. The number of aromatic nitrogens is 6. The number of hydrogen-bond acceptors (Lipinski definition) is 7. The molecule has 0 spiro atoms. The van der Waals surface area contributed by atoms with E-state index in [1.54, 1.807) is 0 Å². The summed E-state index contributed by atoms with van der Waals surface area (Å²) in [5.41, 5.74) is 0. The number of tetrazole rings is 1. The third-order valence-corrected chi connectivity index (χ3v) is 2.35. The van der Waals surface area contributed by atoms with Crippen LogP contribution in [0.15, 0.2) is 0 Å². The van der Waals surface area contributed by atoms with Crippen molar-refractivity contribution in [2.75, 3.05) is 5.32 Å². The van der Waals surface area contributed by atoms with E-state index in [0.29, 0.717) is 5.82 Å². The van der Waals surface area contributed by atoms with Gasteiger partial charge in [0.25, 0.3) is 0 Å². The third kappa shape index (κ3) is 1.84. The average Bonchev–Trinajstić information content (AvgIpc) is 2.75. The number of H-pyrrole nitrogens is 1. The first-order chi connectivity index (χ1) is 6.75. The van der Waals surface area contributed by atoms with Crippen molar-refractivity contribution in [3.8, 4) is 0 Å². The standard InChI is InChI=1S/C6H9N7S/c1-3(5-9-12-13-10-5)7-6-8-4(2)11-14-6/h3H,1-2H3,(H,7,8,11)(H,9,10,12,13). The molecule has 2 N–H and O–H groups in total. The highest BCUT2D eigenvalue weighted by Crippen LogP contribution is 2.16. The molecular formula is C6H9N7S. The molecule has 0 saturated heterocycles. The molecule has 7 nitrogen and oxygen atoms in total. The van der Waals surface area contributed by atoms with Crippen LogP contribution in [-0.2, 0) is 0 Å². The Morgan fingerprint density at radius 3 is 2.93 bits per heavy atom. The second-order valence-electron chi connectivity index (χ2n) is 2.78. The van der Waals surface area contributed by atoms with Gasteiger partial charge in [0, 0.05) is 11.5 Å². The molecule has 0 aromatic carbocycles. The number of aromatic amines is 1. The lowest BCUT2D eigenvalue weighted by molar-refractivity contribution is 0.791. The molecule has 1 unspecified atom stereocenters. The van der Waals surface area contributed by atoms with Crippen LogP contribution in [0, 0.1) is 6.92 Å². The Hall–Kier alpha value is -1.57. The van der Waals surface area contributed by atoms with Crippen molar-refractivity contribution in [3.63, 3.8) is 0 Å². The van der Waals surface area contributed by atoms with Gasteiger partial charge in [-0.25, -0.2) is 4.98 Å². The maximum absolute atomic E-state index is 4.17. The summed E-state index contributed by atoms with van der Waals surface area (Å²) in [6.45, 7) is 3.78. The predicted molar refractivity (Wildman–Crippen MR) is 50.9 cm³/mol. The van der Waals surface area contributed by atoms with Crippen LogP contribution >= 0.6 is 11.5 Å². The fourth-order valence-electron chi connectivity index (χ4n) is 0.958. The minimum absolute atomic E-state index is 0.0268. The van der Waals surface area contributed by atoms with E-state index in [1.165, 1.54) is 11.5 Å². The monoisotopic (exact) mass is 211 g/mol. The van der Waals surface area contributed by atoms with Crippen molar-refractivity contribution < 1.29 is 0 Å². The van der Waals surface area contributed by atoms with Crippen molar-refractivity contribution >= 4 is 16.7 Å². The molecule has 1 atom stereocenters. The van der Waals surface area contributed by atoms with Crippen LogP contribution in [0.2, 0.25) is 0 Å². The third-order valence-electron chi connectivity index (χ3n) is 1.62. The summed E-state index contributed by atoms with van der Waals surface area (Å²) in [6.07, 6.45) is 0. The molecule has 0 aliphatic rings. The Morgan fingerprint density at radius 1 is 1.50 bits per heavy atom. The van der Waals surface area contributed by atoms with E-state index >= 15 is 0 Å². The highest BCUT2D eigenvalue weighted by Gasteiger charge is 2.11. The molecule has 8 heteroatoms. The van der Waals surface area contributed by atoms with Gasteiger partial charge in [-0.1, -0.05) is 5.21 Å². The second kappa shape index (κ2) is 3.66. The van der Waals surface area contributed by atoms with Crippen molar-refractivity contribution in [2.24, 2.45) is 0 Å². The molecule has 0 radical (unpaired) electrons. The average molecular weight is 211 g/mol. The fourth-order valence-corrected chi connectivity index (χ4v) is 1.62. The largest absolute Gasteiger partial charge is 0.350 e. The van der Waals surface area contributed by atoms with Crippen LogP contribution in [0.3, 0.4) is 0 Å². The summed E-state index contributed by atoms with van der Waals surface area (Å²) in [5, 5.41) is 17.5. The Bertz CT molecular complexity index is 394. The summed E-state index contributed by atoms with van der Waals surface area (Å²) in [7, 11) is 0. The highest BCUT2D eigenvalue weighted by atomic mass is 32.1.